The number of ether oxygens (including phenoxy) is 3. The molecule has 28 heavy (non-hydrogen) atoms. The van der Waals surface area contributed by atoms with Crippen LogP contribution in [0, 0.1) is 0 Å². The van der Waals surface area contributed by atoms with Gasteiger partial charge in [-0.3, -0.25) is 0 Å². The van der Waals surface area contributed by atoms with Crippen LogP contribution in [0.3, 0.4) is 0 Å². The van der Waals surface area contributed by atoms with Crippen LogP contribution >= 0.6 is 12.2 Å². The Morgan fingerprint density at radius 3 is 2.25 bits per heavy atom. The number of nitrogens with zero attached hydrogens (tertiary/aromatic N) is 1. The van der Waals surface area contributed by atoms with Crippen molar-refractivity contribution in [2.45, 2.75) is 33.7 Å². The van der Waals surface area contributed by atoms with E-state index in [1.165, 1.54) is 0 Å². The van der Waals surface area contributed by atoms with Gasteiger partial charge in [0.05, 0.1) is 20.3 Å². The van der Waals surface area contributed by atoms with E-state index in [9.17, 15) is 0 Å². The van der Waals surface area contributed by atoms with Crippen molar-refractivity contribution in [3.05, 3.63) is 48.0 Å². The van der Waals surface area contributed by atoms with Crippen molar-refractivity contribution in [2.75, 3.05) is 32.2 Å². The van der Waals surface area contributed by atoms with Gasteiger partial charge >= 0.3 is 0 Å². The Bertz CT molecular complexity index is 750. The average Bonchev–Trinajstić information content (AvgIpc) is 2.70. The summed E-state index contributed by atoms with van der Waals surface area (Å²) in [6.45, 7) is 8.85. The van der Waals surface area contributed by atoms with Gasteiger partial charge in [-0.05, 0) is 74.4 Å². The molecule has 0 spiro atoms. The molecule has 0 amide bonds. The Morgan fingerprint density at radius 1 is 0.964 bits per heavy atom. The largest absolute Gasteiger partial charge is 0.497 e. The van der Waals surface area contributed by atoms with Gasteiger partial charge in [0.2, 0.25) is 0 Å². The second-order valence-corrected chi connectivity index (χ2v) is 6.61. The zero-order chi connectivity index (χ0) is 20.4. The molecule has 6 heteroatoms. The van der Waals surface area contributed by atoms with Crippen LogP contribution in [0.15, 0.2) is 42.5 Å². The summed E-state index contributed by atoms with van der Waals surface area (Å²) in [5, 5.41) is 4.01. The third-order valence-corrected chi connectivity index (χ3v) is 4.46. The molecule has 2 aromatic carbocycles. The van der Waals surface area contributed by atoms with Gasteiger partial charge in [-0.1, -0.05) is 13.0 Å². The predicted molar refractivity (Wildman–Crippen MR) is 119 cm³/mol. The van der Waals surface area contributed by atoms with Crippen molar-refractivity contribution in [1.29, 1.82) is 0 Å². The van der Waals surface area contributed by atoms with Gasteiger partial charge < -0.3 is 24.4 Å². The molecule has 5 nitrogen and oxygen atoms in total. The van der Waals surface area contributed by atoms with Crippen LogP contribution in [0.1, 0.15) is 32.8 Å². The normalized spacial score (nSPS) is 10.3. The summed E-state index contributed by atoms with van der Waals surface area (Å²) in [4.78, 5) is 2.16. The lowest BCUT2D eigenvalue weighted by atomic mass is 10.2. The molecule has 0 unspecified atom stereocenters. The van der Waals surface area contributed by atoms with Crippen molar-refractivity contribution in [3.63, 3.8) is 0 Å². The second-order valence-electron chi connectivity index (χ2n) is 6.23. The summed E-state index contributed by atoms with van der Waals surface area (Å²) in [5.74, 6) is 2.36. The number of anilines is 1. The van der Waals surface area contributed by atoms with Crippen molar-refractivity contribution >= 4 is 23.0 Å². The van der Waals surface area contributed by atoms with E-state index in [1.807, 2.05) is 50.2 Å². The zero-order valence-electron chi connectivity index (χ0n) is 17.2. The standard InChI is InChI=1S/C22H30N2O3S/c1-5-14-24(22(28)23-18-9-11-19(25-4)12-10-18)16-17-8-13-20(26-6-2)21(15-17)27-7-3/h8-13,15H,5-7,14,16H2,1-4H3,(H,23,28). The van der Waals surface area contributed by atoms with E-state index >= 15 is 0 Å². The van der Waals surface area contributed by atoms with Crippen molar-refractivity contribution in [1.82, 2.24) is 4.90 Å². The van der Waals surface area contributed by atoms with E-state index in [-0.39, 0.29) is 0 Å². The summed E-state index contributed by atoms with van der Waals surface area (Å²) in [6.07, 6.45) is 1.000. The summed E-state index contributed by atoms with van der Waals surface area (Å²) in [7, 11) is 1.66. The quantitative estimate of drug-likeness (QED) is 0.558. The molecule has 0 aromatic heterocycles. The fraction of sp³-hybridized carbons (Fsp3) is 0.409. The molecule has 2 rings (SSSR count). The maximum atomic E-state index is 5.75. The van der Waals surface area contributed by atoms with Crippen LogP contribution in [0.4, 0.5) is 5.69 Å². The van der Waals surface area contributed by atoms with Gasteiger partial charge in [0.15, 0.2) is 16.6 Å². The van der Waals surface area contributed by atoms with E-state index in [4.69, 9.17) is 26.4 Å². The second kappa shape index (κ2) is 11.4. The molecule has 0 aliphatic heterocycles. The Labute approximate surface area is 173 Å². The molecule has 0 saturated carbocycles. The van der Waals surface area contributed by atoms with Gasteiger partial charge in [0.1, 0.15) is 5.75 Å². The third-order valence-electron chi connectivity index (χ3n) is 4.10. The molecular weight excluding hydrogens is 372 g/mol. The third kappa shape index (κ3) is 6.30. The van der Waals surface area contributed by atoms with Crippen molar-refractivity contribution in [3.8, 4) is 17.2 Å². The van der Waals surface area contributed by atoms with Crippen LogP contribution in [-0.4, -0.2) is 36.9 Å². The Balaban J connectivity index is 2.11. The smallest absolute Gasteiger partial charge is 0.173 e. The molecule has 0 aliphatic rings. The first-order valence-electron chi connectivity index (χ1n) is 9.69. The molecule has 0 aliphatic carbocycles. The van der Waals surface area contributed by atoms with Crippen molar-refractivity contribution < 1.29 is 14.2 Å². The highest BCUT2D eigenvalue weighted by Crippen LogP contribution is 2.29. The Hall–Kier alpha value is -2.47. The molecule has 0 bridgehead atoms. The molecule has 0 saturated heterocycles. The maximum absolute atomic E-state index is 5.75. The minimum absolute atomic E-state index is 0.597. The van der Waals surface area contributed by atoms with Crippen LogP contribution < -0.4 is 19.5 Å². The number of methoxy groups -OCH3 is 1. The van der Waals surface area contributed by atoms with Crippen LogP contribution in [0.2, 0.25) is 0 Å². The van der Waals surface area contributed by atoms with Crippen molar-refractivity contribution in [2.24, 2.45) is 0 Å². The van der Waals surface area contributed by atoms with Gasteiger partial charge in [0, 0.05) is 18.8 Å². The molecule has 2 aromatic rings. The number of nitrogens with one attached hydrogen (secondary N) is 1. The lowest BCUT2D eigenvalue weighted by Crippen LogP contribution is -2.34. The van der Waals surface area contributed by atoms with Gasteiger partial charge in [-0.2, -0.15) is 0 Å². The SMILES string of the molecule is CCCN(Cc1ccc(OCC)c(OCC)c1)C(=S)Nc1ccc(OC)cc1. The number of benzene rings is 2. The molecule has 152 valence electrons. The van der Waals surface area contributed by atoms with E-state index in [0.717, 1.165) is 41.5 Å². The van der Waals surface area contributed by atoms with Gasteiger partial charge in [-0.15, -0.1) is 0 Å². The first-order chi connectivity index (χ1) is 13.6. The molecule has 0 fully saturated rings. The number of thiocarbonyl (C=S) groups is 1. The van der Waals surface area contributed by atoms with Crippen LogP contribution in [0.5, 0.6) is 17.2 Å². The lowest BCUT2D eigenvalue weighted by molar-refractivity contribution is 0.287. The molecule has 0 atom stereocenters. The zero-order valence-corrected chi connectivity index (χ0v) is 18.0. The first-order valence-corrected chi connectivity index (χ1v) is 10.1. The molecule has 0 heterocycles. The molecule has 0 radical (unpaired) electrons. The summed E-state index contributed by atoms with van der Waals surface area (Å²) < 4.78 is 16.6. The minimum atomic E-state index is 0.597. The Morgan fingerprint density at radius 2 is 1.64 bits per heavy atom. The molecular formula is C22H30N2O3S. The summed E-state index contributed by atoms with van der Waals surface area (Å²) >= 11 is 5.66. The average molecular weight is 403 g/mol. The predicted octanol–water partition coefficient (Wildman–Crippen LogP) is 5.10. The highest BCUT2D eigenvalue weighted by Gasteiger charge is 2.13. The fourth-order valence-electron chi connectivity index (χ4n) is 2.81. The van der Waals surface area contributed by atoms with E-state index < -0.39 is 0 Å². The minimum Gasteiger partial charge on any atom is -0.497 e. The van der Waals surface area contributed by atoms with Gasteiger partial charge in [-0.25, -0.2) is 0 Å². The van der Waals surface area contributed by atoms with E-state index in [0.29, 0.717) is 24.9 Å². The Kier molecular flexibility index (Phi) is 8.88. The van der Waals surface area contributed by atoms with E-state index in [2.05, 4.69) is 23.2 Å². The van der Waals surface area contributed by atoms with Crippen LogP contribution in [-0.2, 0) is 6.54 Å². The number of rotatable bonds is 10. The monoisotopic (exact) mass is 402 g/mol. The maximum Gasteiger partial charge on any atom is 0.173 e. The summed E-state index contributed by atoms with van der Waals surface area (Å²) in [6, 6.07) is 13.8. The lowest BCUT2D eigenvalue weighted by Gasteiger charge is -2.26. The van der Waals surface area contributed by atoms with Crippen LogP contribution in [0.25, 0.3) is 0 Å². The van der Waals surface area contributed by atoms with Gasteiger partial charge in [0.25, 0.3) is 0 Å². The topological polar surface area (TPSA) is 43.0 Å². The number of hydrogen-bond donors (Lipinski definition) is 1. The fourth-order valence-corrected chi connectivity index (χ4v) is 3.09. The highest BCUT2D eigenvalue weighted by atomic mass is 32.1. The summed E-state index contributed by atoms with van der Waals surface area (Å²) in [5.41, 5.74) is 2.06. The highest BCUT2D eigenvalue weighted by molar-refractivity contribution is 7.80. The molecule has 1 N–H and O–H groups in total. The number of hydrogen-bond acceptors (Lipinski definition) is 4. The first kappa shape index (κ1) is 21.8. The van der Waals surface area contributed by atoms with E-state index in [1.54, 1.807) is 7.11 Å².